The molecule has 0 aliphatic rings. The van der Waals surface area contributed by atoms with E-state index in [0.717, 1.165) is 7.11 Å². The van der Waals surface area contributed by atoms with E-state index in [2.05, 4.69) is 46.2 Å². The van der Waals surface area contributed by atoms with Gasteiger partial charge in [0.15, 0.2) is 6.54 Å². The van der Waals surface area contributed by atoms with Crippen LogP contribution in [0.4, 0.5) is 0 Å². The summed E-state index contributed by atoms with van der Waals surface area (Å²) in [5.41, 5.74) is 1.41. The predicted octanol–water partition coefficient (Wildman–Crippen LogP) is 5.92. The van der Waals surface area contributed by atoms with Crippen LogP contribution in [-0.4, -0.2) is 26.3 Å². The van der Waals surface area contributed by atoms with Crippen molar-refractivity contribution in [3.63, 3.8) is 0 Å². The summed E-state index contributed by atoms with van der Waals surface area (Å²) < 4.78 is 36.4. The molecule has 8 heteroatoms. The first-order chi connectivity index (χ1) is 13.9. The molecule has 0 spiro atoms. The largest absolute Gasteiger partial charge is 0.726 e. The maximum absolute atomic E-state index is 9.22. The highest BCUT2D eigenvalue weighted by molar-refractivity contribution is 8.00. The van der Waals surface area contributed by atoms with E-state index in [9.17, 15) is 13.0 Å². The number of benzene rings is 1. The SMILES string of the molecule is CCCCCCCCCCCC[n+]1c(SC)sc2ccccc21.COS(=O)(=O)[O-]. The highest BCUT2D eigenvalue weighted by Gasteiger charge is 2.18. The fraction of sp³-hybridized carbons (Fsp3) is 0.667. The van der Waals surface area contributed by atoms with Crippen molar-refractivity contribution in [1.29, 1.82) is 0 Å². The number of fused-ring (bicyclic) bond motifs is 1. The third-order valence-electron chi connectivity index (χ3n) is 4.69. The van der Waals surface area contributed by atoms with Gasteiger partial charge in [-0.1, -0.05) is 81.8 Å². The van der Waals surface area contributed by atoms with Gasteiger partial charge in [0.05, 0.1) is 7.11 Å². The van der Waals surface area contributed by atoms with Gasteiger partial charge in [0.25, 0.3) is 4.34 Å². The molecule has 0 aliphatic heterocycles. The molecule has 0 atom stereocenters. The van der Waals surface area contributed by atoms with Crippen molar-refractivity contribution in [2.75, 3.05) is 13.4 Å². The van der Waals surface area contributed by atoms with Crippen LogP contribution >= 0.6 is 23.1 Å². The average molecular weight is 462 g/mol. The van der Waals surface area contributed by atoms with Gasteiger partial charge in [-0.05, 0) is 30.5 Å². The zero-order chi connectivity index (χ0) is 21.5. The number of aromatic nitrogens is 1. The van der Waals surface area contributed by atoms with E-state index in [1.165, 1.54) is 85.3 Å². The van der Waals surface area contributed by atoms with Gasteiger partial charge in [0, 0.05) is 12.5 Å². The molecule has 166 valence electrons. The first-order valence-electron chi connectivity index (χ1n) is 10.4. The summed E-state index contributed by atoms with van der Waals surface area (Å²) in [4.78, 5) is 0. The molecule has 0 N–H and O–H groups in total. The Morgan fingerprint density at radius 1 is 1.00 bits per heavy atom. The third kappa shape index (κ3) is 11.3. The molecule has 0 saturated carbocycles. The number of unbranched alkanes of at least 4 members (excludes halogenated alkanes) is 9. The summed E-state index contributed by atoms with van der Waals surface area (Å²) in [7, 11) is -3.60. The second-order valence-electron chi connectivity index (χ2n) is 6.95. The van der Waals surface area contributed by atoms with Gasteiger partial charge < -0.3 is 4.55 Å². The van der Waals surface area contributed by atoms with Crippen molar-refractivity contribution in [3.05, 3.63) is 24.3 Å². The minimum Gasteiger partial charge on any atom is -0.726 e. The Kier molecular flexibility index (Phi) is 13.8. The van der Waals surface area contributed by atoms with Crippen LogP contribution in [0.3, 0.4) is 0 Å². The summed E-state index contributed by atoms with van der Waals surface area (Å²) in [6, 6.07) is 8.82. The highest BCUT2D eigenvalue weighted by atomic mass is 32.3. The minimum absolute atomic E-state index is 0.808. The van der Waals surface area contributed by atoms with Gasteiger partial charge in [-0.2, -0.15) is 4.57 Å². The van der Waals surface area contributed by atoms with Crippen LogP contribution in [-0.2, 0) is 21.1 Å². The lowest BCUT2D eigenvalue weighted by atomic mass is 10.1. The predicted molar refractivity (Wildman–Crippen MR) is 122 cm³/mol. The molecule has 29 heavy (non-hydrogen) atoms. The number of rotatable bonds is 13. The molecule has 1 heterocycles. The molecule has 2 rings (SSSR count). The molecule has 0 radical (unpaired) electrons. The van der Waals surface area contributed by atoms with Gasteiger partial charge in [-0.25, -0.2) is 8.42 Å². The van der Waals surface area contributed by atoms with Gasteiger partial charge in [-0.15, -0.1) is 0 Å². The summed E-state index contributed by atoms with van der Waals surface area (Å²) >= 11 is 3.82. The number of aryl methyl sites for hydroxylation is 1. The van der Waals surface area contributed by atoms with Gasteiger partial charge >= 0.3 is 0 Å². The lowest BCUT2D eigenvalue weighted by molar-refractivity contribution is -0.702. The van der Waals surface area contributed by atoms with Crippen molar-refractivity contribution in [1.82, 2.24) is 0 Å². The van der Waals surface area contributed by atoms with E-state index in [1.54, 1.807) is 0 Å². The Labute approximate surface area is 184 Å². The number of hydrogen-bond acceptors (Lipinski definition) is 6. The maximum atomic E-state index is 9.22. The molecule has 0 amide bonds. The summed E-state index contributed by atoms with van der Waals surface area (Å²) in [5.74, 6) is 0. The molecule has 0 saturated heterocycles. The van der Waals surface area contributed by atoms with E-state index in [0.29, 0.717) is 0 Å². The van der Waals surface area contributed by atoms with Crippen molar-refractivity contribution in [2.45, 2.75) is 82.0 Å². The second kappa shape index (κ2) is 15.2. The number of thiazole rings is 1. The molecule has 0 aliphatic carbocycles. The summed E-state index contributed by atoms with van der Waals surface area (Å²) in [6.07, 6.45) is 16.3. The molecular formula is C21H35NO4S3. The van der Waals surface area contributed by atoms with Crippen LogP contribution in [0.5, 0.6) is 0 Å². The van der Waals surface area contributed by atoms with E-state index in [1.807, 2.05) is 23.1 Å². The molecule has 5 nitrogen and oxygen atoms in total. The van der Waals surface area contributed by atoms with Crippen molar-refractivity contribution in [3.8, 4) is 0 Å². The standard InChI is InChI=1S/C20H32NS2.CH4O4S/c1-3-4-5-6-7-8-9-10-11-14-17-21-18-15-12-13-16-19(18)23-20(21)22-2;1-5-6(2,3)4/h12-13,15-16H,3-11,14,17H2,1-2H3;1H3,(H,2,3,4)/q+1;/p-1. The average Bonchev–Trinajstić information content (AvgIpc) is 3.07. The Morgan fingerprint density at radius 3 is 2.03 bits per heavy atom. The van der Waals surface area contributed by atoms with Crippen LogP contribution in [0.2, 0.25) is 0 Å². The monoisotopic (exact) mass is 461 g/mol. The first-order valence-corrected chi connectivity index (χ1v) is 13.8. The topological polar surface area (TPSA) is 70.3 Å². The molecule has 0 fully saturated rings. The summed E-state index contributed by atoms with van der Waals surface area (Å²) in [6.45, 7) is 3.47. The van der Waals surface area contributed by atoms with Gasteiger partial charge in [0.1, 0.15) is 4.70 Å². The smallest absolute Gasteiger partial charge is 0.298 e. The van der Waals surface area contributed by atoms with Crippen molar-refractivity contribution >= 4 is 43.7 Å². The normalized spacial score (nSPS) is 11.4. The molecule has 0 unspecified atom stereocenters. The molecular weight excluding hydrogens is 426 g/mol. The molecule has 1 aromatic heterocycles. The van der Waals surface area contributed by atoms with E-state index >= 15 is 0 Å². The highest BCUT2D eigenvalue weighted by Crippen LogP contribution is 2.26. The second-order valence-corrected chi connectivity index (χ2v) is 10.2. The van der Waals surface area contributed by atoms with Crippen LogP contribution < -0.4 is 4.57 Å². The van der Waals surface area contributed by atoms with Crippen LogP contribution in [0.1, 0.15) is 71.1 Å². The third-order valence-corrected chi connectivity index (χ3v) is 7.38. The fourth-order valence-electron chi connectivity index (χ4n) is 3.13. The van der Waals surface area contributed by atoms with Crippen LogP contribution in [0.15, 0.2) is 28.6 Å². The Balaban J connectivity index is 0.000000612. The first kappa shape index (κ1) is 26.4. The molecule has 0 bridgehead atoms. The number of para-hydroxylation sites is 1. The molecule has 2 aromatic rings. The van der Waals surface area contributed by atoms with Gasteiger partial charge in [-0.3, -0.25) is 4.18 Å². The van der Waals surface area contributed by atoms with Crippen molar-refractivity contribution in [2.24, 2.45) is 0 Å². The lowest BCUT2D eigenvalue weighted by Gasteiger charge is -2.01. The zero-order valence-corrected chi connectivity index (χ0v) is 20.3. The quantitative estimate of drug-likeness (QED) is 0.122. The summed E-state index contributed by atoms with van der Waals surface area (Å²) in [5, 5.41) is 0. The number of nitrogens with zero attached hydrogens (tertiary/aromatic N) is 1. The maximum Gasteiger partial charge on any atom is 0.298 e. The van der Waals surface area contributed by atoms with E-state index in [4.69, 9.17) is 0 Å². The van der Waals surface area contributed by atoms with Gasteiger partial charge in [0.2, 0.25) is 15.9 Å². The molecule has 1 aromatic carbocycles. The van der Waals surface area contributed by atoms with E-state index < -0.39 is 10.4 Å². The Hall–Kier alpha value is -0.670. The lowest BCUT2D eigenvalue weighted by Crippen LogP contribution is -2.34. The number of thioether (sulfide) groups is 1. The van der Waals surface area contributed by atoms with Crippen LogP contribution in [0, 0.1) is 0 Å². The van der Waals surface area contributed by atoms with Crippen LogP contribution in [0.25, 0.3) is 10.2 Å². The Bertz CT molecular complexity index is 790. The number of hydrogen-bond donors (Lipinski definition) is 0. The fourth-order valence-corrected chi connectivity index (χ4v) is 5.06. The minimum atomic E-state index is -4.41. The Morgan fingerprint density at radius 2 is 1.52 bits per heavy atom. The van der Waals surface area contributed by atoms with Crippen molar-refractivity contribution < 1.29 is 21.7 Å². The van der Waals surface area contributed by atoms with E-state index in [-0.39, 0.29) is 0 Å². The zero-order valence-electron chi connectivity index (χ0n) is 17.9.